The first kappa shape index (κ1) is 19.0. The zero-order valence-corrected chi connectivity index (χ0v) is 15.9. The van der Waals surface area contributed by atoms with E-state index < -0.39 is 0 Å². The van der Waals surface area contributed by atoms with E-state index in [1.165, 1.54) is 18.9 Å². The van der Waals surface area contributed by atoms with Gasteiger partial charge in [-0.1, -0.05) is 48.9 Å². The van der Waals surface area contributed by atoms with E-state index in [1.54, 1.807) is 0 Å². The first-order chi connectivity index (χ1) is 13.0. The second kappa shape index (κ2) is 8.25. The predicted molar refractivity (Wildman–Crippen MR) is 108 cm³/mol. The van der Waals surface area contributed by atoms with Crippen LogP contribution in [0.5, 0.6) is 0 Å². The van der Waals surface area contributed by atoms with Gasteiger partial charge in [0.25, 0.3) is 0 Å². The fraction of sp³-hybridized carbons (Fsp3) is 0.364. The number of carbonyl (C=O) groups is 2. The van der Waals surface area contributed by atoms with E-state index in [1.807, 2.05) is 37.3 Å². The van der Waals surface area contributed by atoms with Crippen LogP contribution >= 0.6 is 0 Å². The lowest BCUT2D eigenvalue weighted by Gasteiger charge is -2.42. The fourth-order valence-corrected chi connectivity index (χ4v) is 3.63. The Labute approximate surface area is 160 Å². The Morgan fingerprint density at radius 2 is 1.81 bits per heavy atom. The first-order valence-electron chi connectivity index (χ1n) is 9.46. The minimum Gasteiger partial charge on any atom is -0.337 e. The lowest BCUT2D eigenvalue weighted by molar-refractivity contribution is -0.114. The number of hydrogen-bond donors (Lipinski definition) is 3. The van der Waals surface area contributed by atoms with Gasteiger partial charge in [-0.25, -0.2) is 4.79 Å². The van der Waals surface area contributed by atoms with Gasteiger partial charge in [0.15, 0.2) is 0 Å². The summed E-state index contributed by atoms with van der Waals surface area (Å²) in [5, 5.41) is 8.80. The number of amides is 3. The molecule has 142 valence electrons. The molecule has 1 aliphatic rings. The molecule has 3 N–H and O–H groups in total. The smallest absolute Gasteiger partial charge is 0.315 e. The van der Waals surface area contributed by atoms with Crippen LogP contribution in [0.25, 0.3) is 0 Å². The zero-order chi connectivity index (χ0) is 19.3. The third-order valence-electron chi connectivity index (χ3n) is 5.34. The topological polar surface area (TPSA) is 70.2 Å². The summed E-state index contributed by atoms with van der Waals surface area (Å²) in [5.74, 6) is -0.114. The van der Waals surface area contributed by atoms with E-state index in [-0.39, 0.29) is 23.4 Å². The van der Waals surface area contributed by atoms with E-state index in [2.05, 4.69) is 40.2 Å². The van der Waals surface area contributed by atoms with Crippen molar-refractivity contribution in [2.45, 2.75) is 44.6 Å². The maximum atomic E-state index is 12.4. The molecule has 0 spiro atoms. The Morgan fingerprint density at radius 3 is 2.44 bits per heavy atom. The maximum Gasteiger partial charge on any atom is 0.315 e. The monoisotopic (exact) mass is 365 g/mol. The van der Waals surface area contributed by atoms with Crippen LogP contribution in [0, 0.1) is 0 Å². The Balaban J connectivity index is 1.57. The lowest BCUT2D eigenvalue weighted by Crippen LogP contribution is -2.48. The second-order valence-corrected chi connectivity index (χ2v) is 7.36. The van der Waals surface area contributed by atoms with Crippen LogP contribution in [0.1, 0.15) is 50.3 Å². The lowest BCUT2D eigenvalue weighted by atomic mass is 9.64. The van der Waals surface area contributed by atoms with Crippen LogP contribution in [0.3, 0.4) is 0 Å². The summed E-state index contributed by atoms with van der Waals surface area (Å²) in [6, 6.07) is 17.6. The average Bonchev–Trinajstić information content (AvgIpc) is 2.61. The fourth-order valence-electron chi connectivity index (χ4n) is 3.63. The minimum atomic E-state index is -0.172. The highest BCUT2D eigenvalue weighted by Gasteiger charge is 2.38. The third-order valence-corrected chi connectivity index (χ3v) is 5.34. The quantitative estimate of drug-likeness (QED) is 0.720. The van der Waals surface area contributed by atoms with E-state index in [0.29, 0.717) is 6.54 Å². The molecule has 3 amide bonds. The van der Waals surface area contributed by atoms with Crippen molar-refractivity contribution < 1.29 is 9.59 Å². The molecule has 5 heteroatoms. The van der Waals surface area contributed by atoms with Crippen molar-refractivity contribution in [1.82, 2.24) is 10.6 Å². The molecule has 0 heterocycles. The molecule has 5 nitrogen and oxygen atoms in total. The molecule has 3 rings (SSSR count). The molecule has 1 atom stereocenters. The zero-order valence-electron chi connectivity index (χ0n) is 15.9. The van der Waals surface area contributed by atoms with Gasteiger partial charge in [0.1, 0.15) is 0 Å². The van der Waals surface area contributed by atoms with Crippen molar-refractivity contribution in [1.29, 1.82) is 0 Å². The maximum absolute atomic E-state index is 12.4. The Morgan fingerprint density at radius 1 is 1.07 bits per heavy atom. The van der Waals surface area contributed by atoms with Crippen molar-refractivity contribution in [3.05, 3.63) is 65.7 Å². The van der Waals surface area contributed by atoms with E-state index in [0.717, 1.165) is 24.1 Å². The van der Waals surface area contributed by atoms with E-state index in [9.17, 15) is 9.59 Å². The summed E-state index contributed by atoms with van der Waals surface area (Å²) in [4.78, 5) is 23.6. The van der Waals surface area contributed by atoms with Crippen LogP contribution in [-0.2, 0) is 10.2 Å². The molecule has 1 fully saturated rings. The molecule has 1 unspecified atom stereocenters. The molecular formula is C22H27N3O2. The van der Waals surface area contributed by atoms with Gasteiger partial charge >= 0.3 is 6.03 Å². The summed E-state index contributed by atoms with van der Waals surface area (Å²) < 4.78 is 0. The summed E-state index contributed by atoms with van der Waals surface area (Å²) in [6.45, 7) is 4.05. The van der Waals surface area contributed by atoms with Gasteiger partial charge in [0.05, 0.1) is 6.04 Å². The minimum absolute atomic E-state index is 0.0627. The Bertz CT molecular complexity index is 800. The molecule has 0 aliphatic heterocycles. The summed E-state index contributed by atoms with van der Waals surface area (Å²) in [7, 11) is 0. The van der Waals surface area contributed by atoms with E-state index in [4.69, 9.17) is 0 Å². The van der Waals surface area contributed by atoms with Gasteiger partial charge in [-0.2, -0.15) is 0 Å². The molecule has 0 saturated heterocycles. The highest BCUT2D eigenvalue weighted by Crippen LogP contribution is 2.43. The number of carbonyl (C=O) groups excluding carboxylic acids is 2. The highest BCUT2D eigenvalue weighted by molar-refractivity contribution is 5.88. The number of urea groups is 1. The Kier molecular flexibility index (Phi) is 5.79. The van der Waals surface area contributed by atoms with Crippen molar-refractivity contribution >= 4 is 17.6 Å². The number of anilines is 1. The third kappa shape index (κ3) is 4.67. The largest absolute Gasteiger partial charge is 0.337 e. The van der Waals surface area contributed by atoms with Crippen LogP contribution < -0.4 is 16.0 Å². The summed E-state index contributed by atoms with van der Waals surface area (Å²) >= 11 is 0. The number of rotatable bonds is 6. The molecule has 1 saturated carbocycles. The predicted octanol–water partition coefficient (Wildman–Crippen LogP) is 4.13. The van der Waals surface area contributed by atoms with Gasteiger partial charge in [-0.3, -0.25) is 4.79 Å². The first-order valence-corrected chi connectivity index (χ1v) is 9.46. The average molecular weight is 365 g/mol. The molecule has 27 heavy (non-hydrogen) atoms. The Hall–Kier alpha value is -2.82. The van der Waals surface area contributed by atoms with Gasteiger partial charge in [-0.15, -0.1) is 0 Å². The number of benzene rings is 2. The van der Waals surface area contributed by atoms with Crippen molar-refractivity contribution in [2.24, 2.45) is 0 Å². The molecule has 1 aliphatic carbocycles. The van der Waals surface area contributed by atoms with Crippen molar-refractivity contribution in [3.8, 4) is 0 Å². The highest BCUT2D eigenvalue weighted by atomic mass is 16.2. The van der Waals surface area contributed by atoms with Gasteiger partial charge in [0.2, 0.25) is 5.91 Å². The van der Waals surface area contributed by atoms with Crippen LogP contribution in [0.15, 0.2) is 54.6 Å². The van der Waals surface area contributed by atoms with Crippen LogP contribution in [0.2, 0.25) is 0 Å². The standard InChI is InChI=1S/C22H27N3O2/c1-16(18-8-6-11-20(14-18)25-17(2)26)24-21(27)23-15-22(12-7-13-22)19-9-4-3-5-10-19/h3-6,8-11,14,16H,7,12-13,15H2,1-2H3,(H,25,26)(H2,23,24,27). The van der Waals surface area contributed by atoms with Crippen LogP contribution in [0.4, 0.5) is 10.5 Å². The SMILES string of the molecule is CC(=O)Nc1cccc(C(C)NC(=O)NCC2(c3ccccc3)CCC2)c1. The summed E-state index contributed by atoms with van der Waals surface area (Å²) in [5.41, 5.74) is 3.03. The molecule has 0 radical (unpaired) electrons. The number of nitrogens with one attached hydrogen (secondary N) is 3. The van der Waals surface area contributed by atoms with E-state index >= 15 is 0 Å². The molecule has 2 aromatic rings. The molecule has 0 bridgehead atoms. The second-order valence-electron chi connectivity index (χ2n) is 7.36. The number of hydrogen-bond acceptors (Lipinski definition) is 2. The van der Waals surface area contributed by atoms with Crippen molar-refractivity contribution in [2.75, 3.05) is 11.9 Å². The molecule has 0 aromatic heterocycles. The summed E-state index contributed by atoms with van der Waals surface area (Å²) in [6.07, 6.45) is 3.40. The van der Waals surface area contributed by atoms with Gasteiger partial charge in [0, 0.05) is 24.6 Å². The van der Waals surface area contributed by atoms with Crippen molar-refractivity contribution in [3.63, 3.8) is 0 Å². The molecular weight excluding hydrogens is 338 g/mol. The normalized spacial score (nSPS) is 15.9. The van der Waals surface area contributed by atoms with Crippen LogP contribution in [-0.4, -0.2) is 18.5 Å². The molecule has 2 aromatic carbocycles. The van der Waals surface area contributed by atoms with Gasteiger partial charge in [-0.05, 0) is 43.0 Å². The van der Waals surface area contributed by atoms with Gasteiger partial charge < -0.3 is 16.0 Å².